The lowest BCUT2D eigenvalue weighted by Gasteiger charge is -2.22. The molecule has 9 aromatic rings. The van der Waals surface area contributed by atoms with Crippen LogP contribution in [0.3, 0.4) is 0 Å². The minimum absolute atomic E-state index is 0.0147. The number of para-hydroxylation sites is 1. The molecule has 0 aliphatic rings. The third-order valence-electron chi connectivity index (χ3n) is 11.4. The third-order valence-corrected chi connectivity index (χ3v) is 11.4. The molecule has 0 unspecified atom stereocenters. The summed E-state index contributed by atoms with van der Waals surface area (Å²) in [4.78, 5) is 4.90. The zero-order chi connectivity index (χ0) is 41.1. The Morgan fingerprint density at radius 3 is 2.00 bits per heavy atom. The lowest BCUT2D eigenvalue weighted by molar-refractivity contribution is -0.599. The summed E-state index contributed by atoms with van der Waals surface area (Å²) in [6.07, 6.45) is 7.86. The van der Waals surface area contributed by atoms with E-state index in [-0.39, 0.29) is 10.8 Å². The summed E-state index contributed by atoms with van der Waals surface area (Å²) < 4.78 is 13.5. The van der Waals surface area contributed by atoms with Crippen LogP contribution in [-0.2, 0) is 10.8 Å². The van der Waals surface area contributed by atoms with E-state index in [9.17, 15) is 0 Å². The summed E-state index contributed by atoms with van der Waals surface area (Å²) in [7, 11) is 0. The predicted molar refractivity (Wildman–Crippen MR) is 243 cm³/mol. The quantitative estimate of drug-likeness (QED) is 0.120. The number of rotatable bonds is 7. The highest BCUT2D eigenvalue weighted by atomic mass is 16.5. The summed E-state index contributed by atoms with van der Waals surface area (Å²) in [6.45, 7) is 17.8. The van der Waals surface area contributed by atoms with Gasteiger partial charge < -0.3 is 4.74 Å². The van der Waals surface area contributed by atoms with Gasteiger partial charge in [-0.05, 0) is 124 Å². The Morgan fingerprint density at radius 1 is 0.576 bits per heavy atom. The van der Waals surface area contributed by atoms with E-state index >= 15 is 0 Å². The van der Waals surface area contributed by atoms with Crippen LogP contribution in [0, 0.1) is 20.2 Å². The van der Waals surface area contributed by atoms with Crippen LogP contribution in [0.1, 0.15) is 63.9 Å². The Hall–Kier alpha value is -6.72. The lowest BCUT2D eigenvalue weighted by atomic mass is 9.88. The number of hydrogen-bond acceptors (Lipinski definition) is 2. The van der Waals surface area contributed by atoms with Gasteiger partial charge in [-0.1, -0.05) is 120 Å². The fourth-order valence-electron chi connectivity index (χ4n) is 8.26. The van der Waals surface area contributed by atoms with E-state index in [4.69, 9.17) is 9.72 Å². The predicted octanol–water partition coefficient (Wildman–Crippen LogP) is 13.4. The minimum atomic E-state index is -0.182. The van der Waals surface area contributed by atoms with Gasteiger partial charge in [0.1, 0.15) is 17.3 Å². The molecule has 59 heavy (non-hydrogen) atoms. The van der Waals surface area contributed by atoms with Gasteiger partial charge in [0.2, 0.25) is 0 Å². The summed E-state index contributed by atoms with van der Waals surface area (Å²) in [5.74, 6) is 2.39. The van der Waals surface area contributed by atoms with Crippen LogP contribution in [0.5, 0.6) is 11.5 Å². The van der Waals surface area contributed by atoms with Crippen molar-refractivity contribution in [3.63, 3.8) is 0 Å². The maximum absolute atomic E-state index is 6.96. The van der Waals surface area contributed by atoms with E-state index in [0.29, 0.717) is 0 Å². The van der Waals surface area contributed by atoms with Crippen LogP contribution < -0.4 is 9.30 Å². The lowest BCUT2D eigenvalue weighted by Crippen LogP contribution is -2.28. The van der Waals surface area contributed by atoms with Crippen LogP contribution in [0.15, 0.2) is 158 Å². The van der Waals surface area contributed by atoms with Gasteiger partial charge in [0, 0.05) is 29.2 Å². The molecule has 9 rings (SSSR count). The van der Waals surface area contributed by atoms with Crippen LogP contribution in [-0.4, -0.2) is 14.1 Å². The van der Waals surface area contributed by atoms with Gasteiger partial charge in [0.15, 0.2) is 0 Å². The summed E-state index contributed by atoms with van der Waals surface area (Å²) in [5, 5.41) is 2.33. The Morgan fingerprint density at radius 2 is 1.27 bits per heavy atom. The summed E-state index contributed by atoms with van der Waals surface area (Å²) >= 11 is 0. The van der Waals surface area contributed by atoms with Crippen molar-refractivity contribution in [3.8, 4) is 50.9 Å². The van der Waals surface area contributed by atoms with E-state index in [1.807, 2.05) is 6.20 Å². The van der Waals surface area contributed by atoms with Crippen LogP contribution in [0.2, 0.25) is 0 Å². The molecule has 6 aromatic carbocycles. The molecule has 5 heteroatoms. The van der Waals surface area contributed by atoms with E-state index in [2.05, 4.69) is 227 Å². The number of hydrogen-bond donors (Lipinski definition) is 0. The second kappa shape index (κ2) is 14.6. The smallest absolute Gasteiger partial charge is 0.269 e. The molecule has 3 heterocycles. The molecule has 0 fully saturated rings. The first kappa shape index (κ1) is 37.8. The van der Waals surface area contributed by atoms with Crippen molar-refractivity contribution in [1.29, 1.82) is 0 Å². The second-order valence-electron chi connectivity index (χ2n) is 17.8. The maximum atomic E-state index is 6.96. The van der Waals surface area contributed by atoms with E-state index in [1.165, 1.54) is 38.8 Å². The molecular weight excluding hydrogens is 721 g/mol. The topological polar surface area (TPSA) is 35.9 Å². The first-order valence-electron chi connectivity index (χ1n) is 20.4. The van der Waals surface area contributed by atoms with Crippen molar-refractivity contribution in [1.82, 2.24) is 14.1 Å². The zero-order valence-corrected chi connectivity index (χ0v) is 35.2. The monoisotopic (exact) mass is 770 g/mol. The molecule has 0 spiro atoms. The van der Waals surface area contributed by atoms with Crippen molar-refractivity contribution in [2.75, 3.05) is 0 Å². The molecule has 292 valence electrons. The molecule has 0 N–H and O–H groups in total. The van der Waals surface area contributed by atoms with Crippen molar-refractivity contribution >= 4 is 21.8 Å². The molecule has 0 saturated heterocycles. The molecule has 0 bridgehead atoms. The van der Waals surface area contributed by atoms with Gasteiger partial charge in [0.05, 0.1) is 28.1 Å². The van der Waals surface area contributed by atoms with Crippen LogP contribution in [0.4, 0.5) is 0 Å². The number of pyridine rings is 1. The van der Waals surface area contributed by atoms with Gasteiger partial charge in [-0.25, -0.2) is 4.98 Å². The molecule has 0 saturated carbocycles. The number of nitrogens with zero attached hydrogens (tertiary/aromatic N) is 4. The van der Waals surface area contributed by atoms with Crippen molar-refractivity contribution < 1.29 is 9.30 Å². The first-order valence-corrected chi connectivity index (χ1v) is 20.4. The Bertz CT molecular complexity index is 2970. The number of aromatic nitrogens is 4. The van der Waals surface area contributed by atoms with Gasteiger partial charge in [-0.2, -0.15) is 0 Å². The third kappa shape index (κ3) is 7.23. The number of fused-ring (bicyclic) bond motifs is 3. The van der Waals surface area contributed by atoms with E-state index in [1.54, 1.807) is 0 Å². The molecular formula is C54H50N4O. The number of ether oxygens (including phenoxy) is 1. The Labute approximate surface area is 347 Å². The normalized spacial score (nSPS) is 12.1. The van der Waals surface area contributed by atoms with Crippen molar-refractivity contribution in [2.45, 2.75) is 66.2 Å². The highest BCUT2D eigenvalue weighted by molar-refractivity contribution is 6.09. The number of imidazole rings is 1. The molecule has 0 amide bonds. The number of benzene rings is 6. The second-order valence-corrected chi connectivity index (χ2v) is 17.8. The first-order chi connectivity index (χ1) is 28.3. The van der Waals surface area contributed by atoms with E-state index in [0.717, 1.165) is 56.4 Å². The Balaban J connectivity index is 1.18. The zero-order valence-electron chi connectivity index (χ0n) is 35.2. The molecule has 0 radical (unpaired) electrons. The number of aryl methyl sites for hydroxylation is 2. The maximum Gasteiger partial charge on any atom is 0.269 e. The molecule has 5 nitrogen and oxygen atoms in total. The molecule has 0 atom stereocenters. The average Bonchev–Trinajstić information content (AvgIpc) is 3.82. The van der Waals surface area contributed by atoms with Crippen LogP contribution >= 0.6 is 0 Å². The van der Waals surface area contributed by atoms with Crippen molar-refractivity contribution in [2.24, 2.45) is 0 Å². The largest absolute Gasteiger partial charge is 0.458 e. The highest BCUT2D eigenvalue weighted by Gasteiger charge is 2.24. The van der Waals surface area contributed by atoms with Gasteiger partial charge in [-0.3, -0.25) is 13.7 Å². The Kier molecular flexibility index (Phi) is 9.35. The fourth-order valence-corrected chi connectivity index (χ4v) is 8.26. The molecule has 3 aromatic heterocycles. The van der Waals surface area contributed by atoms with Gasteiger partial charge in [-0.15, -0.1) is 0 Å². The fraction of sp³-hybridized carbons (Fsp3) is 0.185. The average molecular weight is 771 g/mol. The standard InChI is InChI=1S/C54H50N4O/c1-36-15-14-16-37(2)52(36)40-29-43(57-35-56(34-50(57)54(6,7)8)42-23-21-39(22-24-42)38-17-10-9-11-18-38)32-45(30-40)59-44-25-26-47-46-19-12-13-20-48(46)58(49(47)33-44)51-31-41(27-28-55-51)53(3,4)5/h9-34H,1-8H3. The minimum Gasteiger partial charge on any atom is -0.458 e. The summed E-state index contributed by atoms with van der Waals surface area (Å²) in [5.41, 5.74) is 13.4. The van der Waals surface area contributed by atoms with Crippen molar-refractivity contribution in [3.05, 3.63) is 187 Å². The van der Waals surface area contributed by atoms with Gasteiger partial charge in [0.25, 0.3) is 6.33 Å². The van der Waals surface area contributed by atoms with E-state index < -0.39 is 0 Å². The van der Waals surface area contributed by atoms with Crippen LogP contribution in [0.25, 0.3) is 61.3 Å². The molecule has 0 aliphatic heterocycles. The SMILES string of the molecule is Cc1cccc(C)c1-c1cc(Oc2ccc3c4ccccc4n(-c4cc(C(C)(C)C)ccn4)c3c2)cc(-n2[c-][n+](-c3ccc(-c4ccccc4)cc3)cc2C(C)(C)C)c1. The summed E-state index contributed by atoms with van der Waals surface area (Å²) in [6, 6.07) is 51.6. The van der Waals surface area contributed by atoms with Gasteiger partial charge >= 0.3 is 0 Å². The highest BCUT2D eigenvalue weighted by Crippen LogP contribution is 2.39. The molecule has 0 aliphatic carbocycles.